The molecule has 0 bridgehead atoms. The van der Waals surface area contributed by atoms with Crippen LogP contribution in [0, 0.1) is 20.8 Å². The Morgan fingerprint density at radius 1 is 0.909 bits per heavy atom. The molecule has 0 aromatic heterocycles. The van der Waals surface area contributed by atoms with E-state index in [0.29, 0.717) is 5.75 Å². The minimum absolute atomic E-state index is 0.133. The smallest absolute Gasteiger partial charge is 0.258 e. The summed E-state index contributed by atoms with van der Waals surface area (Å²) in [6, 6.07) is 19.4. The van der Waals surface area contributed by atoms with Gasteiger partial charge >= 0.3 is 0 Å². The van der Waals surface area contributed by atoms with Crippen LogP contribution in [0.4, 0.5) is 0 Å². The second-order valence-corrected chi connectivity index (χ2v) is 9.92. The van der Waals surface area contributed by atoms with E-state index >= 15 is 0 Å². The summed E-state index contributed by atoms with van der Waals surface area (Å²) in [6.07, 6.45) is 0. The van der Waals surface area contributed by atoms with Crippen LogP contribution in [0.1, 0.15) is 40.8 Å². The van der Waals surface area contributed by atoms with E-state index in [1.165, 1.54) is 23.3 Å². The molecule has 0 heterocycles. The van der Waals surface area contributed by atoms with Gasteiger partial charge in [-0.15, -0.1) is 0 Å². The second kappa shape index (κ2) is 10.6. The van der Waals surface area contributed by atoms with Gasteiger partial charge < -0.3 is 10.1 Å². The van der Waals surface area contributed by atoms with E-state index in [9.17, 15) is 13.2 Å². The zero-order valence-electron chi connectivity index (χ0n) is 19.4. The molecule has 1 atom stereocenters. The fraction of sp³-hybridized carbons (Fsp3) is 0.269. The van der Waals surface area contributed by atoms with Crippen molar-refractivity contribution in [3.05, 3.63) is 94.5 Å². The highest BCUT2D eigenvalue weighted by Gasteiger charge is 2.15. The third-order valence-corrected chi connectivity index (χ3v) is 6.96. The number of hydrogen-bond donors (Lipinski definition) is 2. The minimum Gasteiger partial charge on any atom is -0.484 e. The second-order valence-electron chi connectivity index (χ2n) is 8.15. The van der Waals surface area contributed by atoms with Gasteiger partial charge in [-0.1, -0.05) is 42.5 Å². The van der Waals surface area contributed by atoms with Crippen molar-refractivity contribution in [1.82, 2.24) is 10.0 Å². The molecule has 3 aromatic rings. The summed E-state index contributed by atoms with van der Waals surface area (Å²) in [6.45, 7) is 8.14. The lowest BCUT2D eigenvalue weighted by Gasteiger charge is -2.18. The van der Waals surface area contributed by atoms with E-state index in [1.807, 2.05) is 44.2 Å². The molecule has 3 rings (SSSR count). The summed E-state index contributed by atoms with van der Waals surface area (Å²) >= 11 is 0. The summed E-state index contributed by atoms with van der Waals surface area (Å²) in [5, 5.41) is 2.95. The standard InChI is InChI=1S/C26H30N2O4S/c1-18-14-20(3)25(15-19(18)2)21(4)28-26(29)17-32-23-10-12-24(13-11-23)33(30,31)27-16-22-8-6-5-7-9-22/h5-15,21,27H,16-17H2,1-4H3,(H,28,29). The fourth-order valence-corrected chi connectivity index (χ4v) is 4.55. The molecule has 33 heavy (non-hydrogen) atoms. The maximum atomic E-state index is 12.5. The average Bonchev–Trinajstić information content (AvgIpc) is 2.79. The molecule has 3 aromatic carbocycles. The number of carbonyl (C=O) groups is 1. The highest BCUT2D eigenvalue weighted by Crippen LogP contribution is 2.22. The lowest BCUT2D eigenvalue weighted by Crippen LogP contribution is -2.31. The van der Waals surface area contributed by atoms with Gasteiger partial charge in [0.05, 0.1) is 10.9 Å². The van der Waals surface area contributed by atoms with Crippen LogP contribution in [0.5, 0.6) is 5.75 Å². The summed E-state index contributed by atoms with van der Waals surface area (Å²) in [5.74, 6) is 0.170. The Morgan fingerprint density at radius 2 is 1.55 bits per heavy atom. The number of ether oxygens (including phenoxy) is 1. The first kappa shape index (κ1) is 24.5. The average molecular weight is 467 g/mol. The number of carbonyl (C=O) groups excluding carboxylic acids is 1. The number of sulfonamides is 1. The zero-order valence-corrected chi connectivity index (χ0v) is 20.2. The number of amides is 1. The molecule has 0 radical (unpaired) electrons. The largest absolute Gasteiger partial charge is 0.484 e. The lowest BCUT2D eigenvalue weighted by molar-refractivity contribution is -0.123. The molecule has 0 saturated carbocycles. The summed E-state index contributed by atoms with van der Waals surface area (Å²) in [4.78, 5) is 12.5. The predicted molar refractivity (Wildman–Crippen MR) is 130 cm³/mol. The Kier molecular flexibility index (Phi) is 7.89. The SMILES string of the molecule is Cc1cc(C)c(C(C)NC(=O)COc2ccc(S(=O)(=O)NCc3ccccc3)cc2)cc1C. The van der Waals surface area contributed by atoms with Gasteiger partial charge in [-0.25, -0.2) is 13.1 Å². The van der Waals surface area contributed by atoms with Gasteiger partial charge in [0.2, 0.25) is 10.0 Å². The number of hydrogen-bond acceptors (Lipinski definition) is 4. The summed E-state index contributed by atoms with van der Waals surface area (Å²) in [7, 11) is -3.65. The molecule has 0 spiro atoms. The van der Waals surface area contributed by atoms with Crippen LogP contribution in [0.25, 0.3) is 0 Å². The summed E-state index contributed by atoms with van der Waals surface area (Å²) in [5.41, 5.74) is 5.48. The summed E-state index contributed by atoms with van der Waals surface area (Å²) < 4.78 is 33.1. The number of nitrogens with one attached hydrogen (secondary N) is 2. The first-order valence-corrected chi connectivity index (χ1v) is 12.3. The molecule has 0 aliphatic heterocycles. The molecular formula is C26H30N2O4S. The maximum Gasteiger partial charge on any atom is 0.258 e. The van der Waals surface area contributed by atoms with Crippen LogP contribution in [0.2, 0.25) is 0 Å². The van der Waals surface area contributed by atoms with Crippen molar-refractivity contribution in [2.45, 2.75) is 45.2 Å². The van der Waals surface area contributed by atoms with Crippen molar-refractivity contribution in [2.75, 3.05) is 6.61 Å². The van der Waals surface area contributed by atoms with Gasteiger partial charge in [0.25, 0.3) is 5.91 Å². The van der Waals surface area contributed by atoms with Crippen LogP contribution in [-0.4, -0.2) is 20.9 Å². The molecule has 1 unspecified atom stereocenters. The van der Waals surface area contributed by atoms with E-state index in [0.717, 1.165) is 16.7 Å². The van der Waals surface area contributed by atoms with Crippen LogP contribution < -0.4 is 14.8 Å². The lowest BCUT2D eigenvalue weighted by atomic mass is 9.96. The van der Waals surface area contributed by atoms with Crippen molar-refractivity contribution >= 4 is 15.9 Å². The molecule has 0 aliphatic rings. The molecule has 0 aliphatic carbocycles. The van der Waals surface area contributed by atoms with E-state index in [1.54, 1.807) is 12.1 Å². The number of aryl methyl sites for hydroxylation is 3. The Bertz CT molecular complexity index is 1210. The molecular weight excluding hydrogens is 436 g/mol. The molecule has 174 valence electrons. The monoisotopic (exact) mass is 466 g/mol. The van der Waals surface area contributed by atoms with Gasteiger partial charge in [-0.05, 0) is 79.8 Å². The van der Waals surface area contributed by atoms with Crippen molar-refractivity contribution in [3.63, 3.8) is 0 Å². The van der Waals surface area contributed by atoms with E-state index in [2.05, 4.69) is 36.0 Å². The normalized spacial score (nSPS) is 12.2. The minimum atomic E-state index is -3.65. The highest BCUT2D eigenvalue weighted by atomic mass is 32.2. The first-order valence-electron chi connectivity index (χ1n) is 10.8. The Labute approximate surface area is 196 Å². The maximum absolute atomic E-state index is 12.5. The molecule has 1 amide bonds. The van der Waals surface area contributed by atoms with Gasteiger partial charge in [0.1, 0.15) is 5.75 Å². The van der Waals surface area contributed by atoms with Crippen molar-refractivity contribution in [1.29, 1.82) is 0 Å². The van der Waals surface area contributed by atoms with Crippen LogP contribution in [0.3, 0.4) is 0 Å². The Balaban J connectivity index is 1.53. The zero-order chi connectivity index (χ0) is 24.0. The first-order chi connectivity index (χ1) is 15.7. The third-order valence-electron chi connectivity index (χ3n) is 5.54. The Morgan fingerprint density at radius 3 is 2.21 bits per heavy atom. The van der Waals surface area contributed by atoms with Crippen LogP contribution >= 0.6 is 0 Å². The van der Waals surface area contributed by atoms with Gasteiger partial charge in [-0.2, -0.15) is 0 Å². The fourth-order valence-electron chi connectivity index (χ4n) is 3.53. The molecule has 2 N–H and O–H groups in total. The van der Waals surface area contributed by atoms with Crippen LogP contribution in [0.15, 0.2) is 71.6 Å². The Hall–Kier alpha value is -3.16. The van der Waals surface area contributed by atoms with Crippen LogP contribution in [-0.2, 0) is 21.4 Å². The number of benzene rings is 3. The molecule has 0 fully saturated rings. The molecule has 7 heteroatoms. The molecule has 6 nitrogen and oxygen atoms in total. The number of rotatable bonds is 9. The topological polar surface area (TPSA) is 84.5 Å². The van der Waals surface area contributed by atoms with E-state index < -0.39 is 10.0 Å². The van der Waals surface area contributed by atoms with Crippen molar-refractivity contribution in [2.24, 2.45) is 0 Å². The highest BCUT2D eigenvalue weighted by molar-refractivity contribution is 7.89. The van der Waals surface area contributed by atoms with E-state index in [4.69, 9.17) is 4.74 Å². The van der Waals surface area contributed by atoms with Crippen molar-refractivity contribution in [3.8, 4) is 5.75 Å². The predicted octanol–water partition coefficient (Wildman–Crippen LogP) is 4.35. The van der Waals surface area contributed by atoms with Gasteiger partial charge in [0, 0.05) is 6.54 Å². The quantitative estimate of drug-likeness (QED) is 0.491. The van der Waals surface area contributed by atoms with E-state index in [-0.39, 0.29) is 30.0 Å². The molecule has 0 saturated heterocycles. The van der Waals surface area contributed by atoms with Gasteiger partial charge in [-0.3, -0.25) is 4.79 Å². The third kappa shape index (κ3) is 6.66. The van der Waals surface area contributed by atoms with Gasteiger partial charge in [0.15, 0.2) is 6.61 Å². The van der Waals surface area contributed by atoms with Crippen molar-refractivity contribution < 1.29 is 17.9 Å².